The molecule has 3 aromatic carbocycles. The highest BCUT2D eigenvalue weighted by Gasteiger charge is 2.26. The van der Waals surface area contributed by atoms with Gasteiger partial charge >= 0.3 is 0 Å². The van der Waals surface area contributed by atoms with Crippen LogP contribution in [0.25, 0.3) is 16.8 Å². The van der Waals surface area contributed by atoms with Crippen LogP contribution in [0.15, 0.2) is 104 Å². The number of hydrogen-bond acceptors (Lipinski definition) is 7. The second-order valence-corrected chi connectivity index (χ2v) is 9.75. The molecule has 40 heavy (non-hydrogen) atoms. The van der Waals surface area contributed by atoms with E-state index in [0.717, 1.165) is 33.6 Å². The second-order valence-electron chi connectivity index (χ2n) is 9.75. The smallest absolute Gasteiger partial charge is 0.228 e. The zero-order valence-electron chi connectivity index (χ0n) is 22.7. The van der Waals surface area contributed by atoms with Crippen LogP contribution in [0.5, 0.6) is 11.6 Å². The van der Waals surface area contributed by atoms with Gasteiger partial charge in [0.05, 0.1) is 11.3 Å². The Hall–Kier alpha value is -5.01. The molecule has 0 fully saturated rings. The summed E-state index contributed by atoms with van der Waals surface area (Å²) in [6.45, 7) is 4.28. The highest BCUT2D eigenvalue weighted by molar-refractivity contribution is 5.86. The number of nitrogens with zero attached hydrogens (tertiary/aromatic N) is 4. The fourth-order valence-electron chi connectivity index (χ4n) is 4.91. The number of rotatable bonds is 6. The molecule has 1 aliphatic heterocycles. The zero-order valence-corrected chi connectivity index (χ0v) is 22.7. The average molecular weight is 527 g/mol. The van der Waals surface area contributed by atoms with Gasteiger partial charge in [0.15, 0.2) is 0 Å². The first kappa shape index (κ1) is 25.3. The molecule has 0 bridgehead atoms. The van der Waals surface area contributed by atoms with Crippen LogP contribution in [0.1, 0.15) is 34.0 Å². The molecule has 7 heteroatoms. The standard InChI is InChI=1S/C33H30N6O/c1-21-10-11-23(19-22(21)2)29-20-39(31(34)27-8-5-4-7-26(27)29)24-12-14-25(15-13-24)40-32-28(9-6-17-36-32)30-16-18-37-33(35-3)38-30/h4-20,31H,34H2,1-3H3,(H,35,37,38). The van der Waals surface area contributed by atoms with Gasteiger partial charge in [0, 0.05) is 36.9 Å². The predicted molar refractivity (Wildman–Crippen MR) is 160 cm³/mol. The third-order valence-corrected chi connectivity index (χ3v) is 7.23. The molecular weight excluding hydrogens is 496 g/mol. The summed E-state index contributed by atoms with van der Waals surface area (Å²) in [5.74, 6) is 1.66. The van der Waals surface area contributed by atoms with Crippen LogP contribution in [-0.2, 0) is 0 Å². The van der Waals surface area contributed by atoms with Crippen molar-refractivity contribution in [2.45, 2.75) is 20.0 Å². The Morgan fingerprint density at radius 3 is 2.42 bits per heavy atom. The van der Waals surface area contributed by atoms with E-state index in [4.69, 9.17) is 10.5 Å². The zero-order chi connectivity index (χ0) is 27.6. The van der Waals surface area contributed by atoms with Gasteiger partial charge < -0.3 is 20.7 Å². The minimum Gasteiger partial charge on any atom is -0.438 e. The summed E-state index contributed by atoms with van der Waals surface area (Å²) in [6.07, 6.45) is 5.24. The Labute approximate surface area is 234 Å². The molecule has 198 valence electrons. The summed E-state index contributed by atoms with van der Waals surface area (Å²) in [7, 11) is 1.79. The average Bonchev–Trinajstić information content (AvgIpc) is 3.00. The van der Waals surface area contributed by atoms with Gasteiger partial charge in [-0.05, 0) is 84.1 Å². The normalized spacial score (nSPS) is 14.3. The van der Waals surface area contributed by atoms with Crippen molar-refractivity contribution in [2.75, 3.05) is 17.3 Å². The van der Waals surface area contributed by atoms with E-state index < -0.39 is 0 Å². The number of nitrogens with two attached hydrogens (primary N) is 1. The molecule has 2 aromatic heterocycles. The molecule has 0 amide bonds. The number of pyridine rings is 1. The monoisotopic (exact) mass is 526 g/mol. The van der Waals surface area contributed by atoms with Gasteiger partial charge in [0.25, 0.3) is 0 Å². The Morgan fingerprint density at radius 2 is 1.62 bits per heavy atom. The van der Waals surface area contributed by atoms with E-state index in [0.29, 0.717) is 17.6 Å². The molecule has 1 aliphatic rings. The number of fused-ring (bicyclic) bond motifs is 1. The maximum atomic E-state index is 6.81. The van der Waals surface area contributed by atoms with Crippen molar-refractivity contribution in [3.8, 4) is 22.9 Å². The van der Waals surface area contributed by atoms with Crippen LogP contribution in [0.4, 0.5) is 11.6 Å². The quantitative estimate of drug-likeness (QED) is 0.250. The van der Waals surface area contributed by atoms with Crippen molar-refractivity contribution in [1.29, 1.82) is 0 Å². The molecule has 3 N–H and O–H groups in total. The lowest BCUT2D eigenvalue weighted by Gasteiger charge is -2.35. The van der Waals surface area contributed by atoms with Crippen LogP contribution in [0, 0.1) is 13.8 Å². The Balaban J connectivity index is 1.32. The van der Waals surface area contributed by atoms with Crippen LogP contribution >= 0.6 is 0 Å². The largest absolute Gasteiger partial charge is 0.438 e. The van der Waals surface area contributed by atoms with Crippen molar-refractivity contribution in [3.05, 3.63) is 131 Å². The molecule has 0 radical (unpaired) electrons. The molecule has 0 saturated heterocycles. The lowest BCUT2D eigenvalue weighted by molar-refractivity contribution is 0.464. The summed E-state index contributed by atoms with van der Waals surface area (Å²) in [6, 6.07) is 28.5. The van der Waals surface area contributed by atoms with Crippen molar-refractivity contribution in [1.82, 2.24) is 15.0 Å². The van der Waals surface area contributed by atoms with Crippen molar-refractivity contribution >= 4 is 17.2 Å². The minimum atomic E-state index is -0.320. The van der Waals surface area contributed by atoms with E-state index in [2.05, 4.69) is 81.6 Å². The lowest BCUT2D eigenvalue weighted by Crippen LogP contribution is -2.34. The first-order valence-electron chi connectivity index (χ1n) is 13.2. The molecule has 5 aromatic rings. The molecule has 0 spiro atoms. The van der Waals surface area contributed by atoms with Crippen LogP contribution in [0.3, 0.4) is 0 Å². The van der Waals surface area contributed by atoms with Gasteiger partial charge in [-0.2, -0.15) is 0 Å². The number of aromatic nitrogens is 3. The fourth-order valence-corrected chi connectivity index (χ4v) is 4.91. The summed E-state index contributed by atoms with van der Waals surface area (Å²) in [4.78, 5) is 15.3. The third-order valence-electron chi connectivity index (χ3n) is 7.23. The van der Waals surface area contributed by atoms with E-state index in [9.17, 15) is 0 Å². The van der Waals surface area contributed by atoms with Crippen molar-refractivity contribution in [3.63, 3.8) is 0 Å². The molecule has 1 unspecified atom stereocenters. The molecule has 0 aliphatic carbocycles. The number of hydrogen-bond donors (Lipinski definition) is 2. The van der Waals surface area contributed by atoms with Crippen molar-refractivity contribution in [2.24, 2.45) is 5.73 Å². The summed E-state index contributed by atoms with van der Waals surface area (Å²) >= 11 is 0. The Bertz CT molecular complexity index is 1710. The number of anilines is 2. The maximum absolute atomic E-state index is 6.81. The van der Waals surface area contributed by atoms with E-state index in [1.165, 1.54) is 16.7 Å². The Morgan fingerprint density at radius 1 is 0.825 bits per heavy atom. The van der Waals surface area contributed by atoms with E-state index in [-0.39, 0.29) is 6.17 Å². The summed E-state index contributed by atoms with van der Waals surface area (Å²) in [5.41, 5.74) is 16.4. The van der Waals surface area contributed by atoms with E-state index >= 15 is 0 Å². The van der Waals surface area contributed by atoms with Gasteiger partial charge in [-0.1, -0.05) is 42.5 Å². The first-order chi connectivity index (χ1) is 19.5. The van der Waals surface area contributed by atoms with Gasteiger partial charge in [0.1, 0.15) is 11.9 Å². The number of ether oxygens (including phenoxy) is 1. The maximum Gasteiger partial charge on any atom is 0.228 e. The van der Waals surface area contributed by atoms with Crippen LogP contribution in [0.2, 0.25) is 0 Å². The topological polar surface area (TPSA) is 89.2 Å². The van der Waals surface area contributed by atoms with Gasteiger partial charge in [-0.15, -0.1) is 0 Å². The highest BCUT2D eigenvalue weighted by Crippen LogP contribution is 2.39. The Kier molecular flexibility index (Phi) is 6.72. The SMILES string of the molecule is CNc1nccc(-c2cccnc2Oc2ccc(N3C=C(c4ccc(C)c(C)c4)c4ccccc4C3N)cc2)n1. The predicted octanol–water partition coefficient (Wildman–Crippen LogP) is 6.86. The highest BCUT2D eigenvalue weighted by atomic mass is 16.5. The molecule has 6 rings (SSSR count). The third kappa shape index (κ3) is 4.79. The lowest BCUT2D eigenvalue weighted by atomic mass is 9.89. The second kappa shape index (κ2) is 10.6. The first-order valence-corrected chi connectivity index (χ1v) is 13.2. The van der Waals surface area contributed by atoms with Gasteiger partial charge in [-0.25, -0.2) is 15.0 Å². The van der Waals surface area contributed by atoms with E-state index in [1.807, 2.05) is 48.5 Å². The molecular formula is C33H30N6O. The number of benzene rings is 3. The number of nitrogens with one attached hydrogen (secondary N) is 1. The molecule has 1 atom stereocenters. The molecule has 0 saturated carbocycles. The summed E-state index contributed by atoms with van der Waals surface area (Å²) in [5, 5.41) is 2.97. The minimum absolute atomic E-state index is 0.320. The van der Waals surface area contributed by atoms with Crippen molar-refractivity contribution < 1.29 is 4.74 Å². The van der Waals surface area contributed by atoms with Gasteiger partial charge in [0.2, 0.25) is 11.8 Å². The molecule has 7 nitrogen and oxygen atoms in total. The fraction of sp³-hybridized carbons (Fsp3) is 0.121. The van der Waals surface area contributed by atoms with Crippen LogP contribution < -0.4 is 20.7 Å². The molecule has 3 heterocycles. The summed E-state index contributed by atoms with van der Waals surface area (Å²) < 4.78 is 6.22. The number of aryl methyl sites for hydroxylation is 2. The van der Waals surface area contributed by atoms with Gasteiger partial charge in [-0.3, -0.25) is 0 Å². The van der Waals surface area contributed by atoms with Crippen LogP contribution in [-0.4, -0.2) is 22.0 Å². The van der Waals surface area contributed by atoms with E-state index in [1.54, 1.807) is 19.4 Å².